The Morgan fingerprint density at radius 3 is 1.75 bits per heavy atom. The van der Waals surface area contributed by atoms with Crippen molar-refractivity contribution >= 4 is 76.9 Å². The second-order valence-corrected chi connectivity index (χ2v) is 19.3. The number of aliphatic hydroxyl groups excluding tert-OH is 1. The average Bonchev–Trinajstić information content (AvgIpc) is 4.07. The van der Waals surface area contributed by atoms with Crippen LogP contribution in [0.25, 0.3) is 0 Å². The molecule has 19 N–H and O–H groups in total. The van der Waals surface area contributed by atoms with Gasteiger partial charge in [-0.15, -0.1) is 0 Å². The van der Waals surface area contributed by atoms with Gasteiger partial charge in [0.1, 0.15) is 48.3 Å². The summed E-state index contributed by atoms with van der Waals surface area (Å²) in [6.07, 6.45) is -0.494. The molecule has 2 heterocycles. The zero-order chi connectivity index (χ0) is 57.5. The number of carbonyl (C=O) groups excluding carboxylic acids is 11. The molecule has 426 valence electrons. The number of carbonyl (C=O) groups is 12. The number of nitrogens with two attached hydrogens (primary N) is 5. The molecule has 0 radical (unpaired) electrons. The quantitative estimate of drug-likeness (QED) is 0.0187. The number of hydrogen-bond donors (Lipinski definition) is 14. The van der Waals surface area contributed by atoms with Gasteiger partial charge in [-0.25, -0.2) is 4.79 Å². The molecular weight excluding hydrogens is 1010 g/mol. The maximum Gasteiger partial charge on any atom is 0.326 e. The zero-order valence-electron chi connectivity index (χ0n) is 43.5. The molecule has 29 nitrogen and oxygen atoms in total. The van der Waals surface area contributed by atoms with E-state index >= 15 is 0 Å². The van der Waals surface area contributed by atoms with Gasteiger partial charge in [-0.05, 0) is 69.8 Å². The second kappa shape index (κ2) is 31.2. The van der Waals surface area contributed by atoms with Gasteiger partial charge in [-0.3, -0.25) is 57.7 Å². The van der Waals surface area contributed by atoms with E-state index in [0.29, 0.717) is 24.8 Å². The third kappa shape index (κ3) is 20.9. The monoisotopic (exact) mass is 1090 g/mol. The van der Waals surface area contributed by atoms with Gasteiger partial charge in [0.05, 0.1) is 25.6 Å². The van der Waals surface area contributed by atoms with E-state index in [-0.39, 0.29) is 63.6 Å². The van der Waals surface area contributed by atoms with E-state index in [0.717, 1.165) is 4.90 Å². The number of carboxylic acids is 1. The Kier molecular flexibility index (Phi) is 25.7. The van der Waals surface area contributed by atoms with Gasteiger partial charge >= 0.3 is 5.97 Å². The molecule has 0 saturated carbocycles. The lowest BCUT2D eigenvalue weighted by molar-refractivity contribution is -0.149. The van der Waals surface area contributed by atoms with Crippen molar-refractivity contribution in [2.75, 3.05) is 32.8 Å². The number of hydrogen-bond acceptors (Lipinski definition) is 15. The number of aliphatic carboxylic acids is 1. The summed E-state index contributed by atoms with van der Waals surface area (Å²) in [7, 11) is 0. The van der Waals surface area contributed by atoms with Crippen LogP contribution in [0.15, 0.2) is 35.3 Å². The summed E-state index contributed by atoms with van der Waals surface area (Å²) in [5.41, 5.74) is 27.9. The molecule has 0 aromatic heterocycles. The minimum Gasteiger partial charge on any atom is -0.480 e. The predicted octanol–water partition coefficient (Wildman–Crippen LogP) is -6.10. The molecule has 0 bridgehead atoms. The van der Waals surface area contributed by atoms with Crippen molar-refractivity contribution in [1.29, 1.82) is 0 Å². The Balaban J connectivity index is 1.83. The van der Waals surface area contributed by atoms with Crippen LogP contribution in [0.3, 0.4) is 0 Å². The first-order chi connectivity index (χ1) is 36.3. The molecule has 9 atom stereocenters. The number of carboxylic acid groups (broad SMARTS) is 1. The van der Waals surface area contributed by atoms with Gasteiger partial charge in [0, 0.05) is 32.5 Å². The van der Waals surface area contributed by atoms with Crippen molar-refractivity contribution in [1.82, 2.24) is 47.0 Å². The van der Waals surface area contributed by atoms with Crippen molar-refractivity contribution in [3.05, 3.63) is 35.9 Å². The fourth-order valence-corrected chi connectivity index (χ4v) is 8.63. The number of rotatable bonds is 31. The molecule has 2 saturated heterocycles. The predicted molar refractivity (Wildman–Crippen MR) is 274 cm³/mol. The van der Waals surface area contributed by atoms with Crippen LogP contribution in [-0.4, -0.2) is 184 Å². The lowest BCUT2D eigenvalue weighted by Gasteiger charge is -2.29. The van der Waals surface area contributed by atoms with E-state index < -0.39 is 158 Å². The highest BCUT2D eigenvalue weighted by atomic mass is 16.4. The van der Waals surface area contributed by atoms with Gasteiger partial charge in [0.15, 0.2) is 5.96 Å². The summed E-state index contributed by atoms with van der Waals surface area (Å²) in [5, 5.41) is 37.1. The lowest BCUT2D eigenvalue weighted by atomic mass is 10.00. The number of aliphatic imine (C=N–C) groups is 1. The zero-order valence-corrected chi connectivity index (χ0v) is 43.5. The first-order valence-corrected chi connectivity index (χ1v) is 25.3. The van der Waals surface area contributed by atoms with Crippen molar-refractivity contribution in [3.63, 3.8) is 0 Å². The number of primary amides is 2. The summed E-state index contributed by atoms with van der Waals surface area (Å²) in [5.74, 6) is -11.6. The van der Waals surface area contributed by atoms with E-state index in [4.69, 9.17) is 28.7 Å². The van der Waals surface area contributed by atoms with Crippen LogP contribution in [-0.2, 0) is 64.0 Å². The van der Waals surface area contributed by atoms with Crippen molar-refractivity contribution in [2.45, 2.75) is 146 Å². The van der Waals surface area contributed by atoms with Gasteiger partial charge in [0.2, 0.25) is 65.0 Å². The number of amides is 11. The standard InChI is InChI=1S/C48H75N15O14/c1-25(2)20-30(40(69)57-28(15-16-36(50)65)39(68)61-33(24-64)43(72)58-29(12-7-17-54-48(52)53)46(75)63-19-9-14-35(63)47(76)77)59-41(70)31(21-27-10-5-4-6-11-27)60-42(71)32(22-37(51)66)56-38(67)23-55-44(73)34-13-8-18-62(34)45(74)26(3)49/h4-6,10-11,25-26,28-35,64H,7-9,12-24,49H2,1-3H3,(H2,50,65)(H2,51,66)(H,55,73)(H,56,67)(H,57,69)(H,58,72)(H,59,70)(H,60,71)(H,61,68)(H,76,77)(H4,52,53,54)/t26-,28-,29-,30-,31-,32-,33-,34-,35-/m0/s1. The van der Waals surface area contributed by atoms with Crippen LogP contribution in [0.4, 0.5) is 0 Å². The molecule has 3 rings (SSSR count). The number of nitrogens with one attached hydrogen (secondary N) is 7. The minimum atomic E-state index is -1.77. The maximum atomic E-state index is 14.3. The third-order valence-corrected chi connectivity index (χ3v) is 12.5. The van der Waals surface area contributed by atoms with Crippen LogP contribution in [0.1, 0.15) is 90.5 Å². The summed E-state index contributed by atoms with van der Waals surface area (Å²) in [6.45, 7) is 3.59. The number of benzene rings is 1. The Hall–Kier alpha value is -7.95. The summed E-state index contributed by atoms with van der Waals surface area (Å²) in [6, 6.07) is -4.03. The van der Waals surface area contributed by atoms with E-state index in [1.165, 1.54) is 11.8 Å². The molecular formula is C48H75N15O14. The Morgan fingerprint density at radius 1 is 0.649 bits per heavy atom. The second-order valence-electron chi connectivity index (χ2n) is 19.3. The molecule has 2 aliphatic rings. The highest BCUT2D eigenvalue weighted by molar-refractivity contribution is 5.99. The molecule has 1 aromatic rings. The Bertz CT molecular complexity index is 2320. The van der Waals surface area contributed by atoms with Crippen LogP contribution >= 0.6 is 0 Å². The van der Waals surface area contributed by atoms with Crippen molar-refractivity contribution < 1.29 is 67.7 Å². The van der Waals surface area contributed by atoms with Crippen LogP contribution < -0.4 is 65.9 Å². The average molecular weight is 1090 g/mol. The van der Waals surface area contributed by atoms with Gasteiger partial charge in [-0.2, -0.15) is 0 Å². The van der Waals surface area contributed by atoms with Crippen LogP contribution in [0.5, 0.6) is 0 Å². The highest BCUT2D eigenvalue weighted by Gasteiger charge is 2.40. The lowest BCUT2D eigenvalue weighted by Crippen LogP contribution is -2.61. The van der Waals surface area contributed by atoms with E-state index in [9.17, 15) is 67.7 Å². The molecule has 0 spiro atoms. The summed E-state index contributed by atoms with van der Waals surface area (Å²) < 4.78 is 0. The summed E-state index contributed by atoms with van der Waals surface area (Å²) >= 11 is 0. The molecule has 2 fully saturated rings. The maximum absolute atomic E-state index is 14.3. The topological polar surface area (TPSA) is 478 Å². The minimum absolute atomic E-state index is 0.0369. The van der Waals surface area contributed by atoms with E-state index in [2.05, 4.69) is 42.2 Å². The largest absolute Gasteiger partial charge is 0.480 e. The van der Waals surface area contributed by atoms with Crippen molar-refractivity contribution in [2.24, 2.45) is 39.6 Å². The Morgan fingerprint density at radius 2 is 1.18 bits per heavy atom. The molecule has 0 unspecified atom stereocenters. The molecule has 1 aromatic carbocycles. The Labute approximate surface area is 444 Å². The van der Waals surface area contributed by atoms with Crippen molar-refractivity contribution in [3.8, 4) is 0 Å². The molecule has 0 aliphatic carbocycles. The molecule has 11 amide bonds. The molecule has 29 heteroatoms. The highest BCUT2D eigenvalue weighted by Crippen LogP contribution is 2.21. The summed E-state index contributed by atoms with van der Waals surface area (Å²) in [4.78, 5) is 165. The molecule has 2 aliphatic heterocycles. The number of aliphatic hydroxyl groups is 1. The fraction of sp³-hybridized carbons (Fsp3) is 0.604. The first kappa shape index (κ1) is 63.3. The van der Waals surface area contributed by atoms with Crippen LogP contribution in [0, 0.1) is 5.92 Å². The fourth-order valence-electron chi connectivity index (χ4n) is 8.63. The third-order valence-electron chi connectivity index (χ3n) is 12.5. The molecule has 77 heavy (non-hydrogen) atoms. The first-order valence-electron chi connectivity index (χ1n) is 25.3. The smallest absolute Gasteiger partial charge is 0.326 e. The van der Waals surface area contributed by atoms with Gasteiger partial charge in [-0.1, -0.05) is 44.2 Å². The van der Waals surface area contributed by atoms with Gasteiger partial charge < -0.3 is 85.9 Å². The number of guanidine groups is 1. The van der Waals surface area contributed by atoms with Gasteiger partial charge in [0.25, 0.3) is 0 Å². The normalized spacial score (nSPS) is 17.7. The van der Waals surface area contributed by atoms with Crippen LogP contribution in [0.2, 0.25) is 0 Å². The van der Waals surface area contributed by atoms with E-state index in [1.807, 2.05) is 0 Å². The van der Waals surface area contributed by atoms with E-state index in [1.54, 1.807) is 44.2 Å². The SMILES string of the molecule is CC(C)C[C@H](NC(=O)[C@H](Cc1ccccc1)NC(=O)[C@H](CC(N)=O)NC(=O)CNC(=O)[C@@H]1CCCN1C(=O)[C@H](C)N)C(=O)N[C@@H](CCC(N)=O)C(=O)N[C@@H](CO)C(=O)N[C@@H](CCCN=C(N)N)C(=O)N1CCC[C@H]1C(=O)O. The number of likely N-dealkylation sites (tertiary alicyclic amines) is 2. The number of nitrogens with zero attached hydrogens (tertiary/aromatic N) is 3.